The van der Waals surface area contributed by atoms with Crippen LogP contribution >= 0.6 is 11.6 Å². The standard InChI is InChI=1S/C11H12ClN3O2/c12-10-8(2-1-5-13-10)11(17)14-6-7-3-4-9(16)15-7/h1-2,5,7H,3-4,6H2,(H,14,17)(H,15,16). The van der Waals surface area contributed by atoms with E-state index in [4.69, 9.17) is 11.6 Å². The van der Waals surface area contributed by atoms with Crippen LogP contribution in [0.5, 0.6) is 0 Å². The summed E-state index contributed by atoms with van der Waals surface area (Å²) < 4.78 is 0. The van der Waals surface area contributed by atoms with Gasteiger partial charge in [0.1, 0.15) is 5.15 Å². The zero-order chi connectivity index (χ0) is 12.3. The van der Waals surface area contributed by atoms with Gasteiger partial charge in [-0.05, 0) is 18.6 Å². The fourth-order valence-electron chi connectivity index (χ4n) is 1.70. The Hall–Kier alpha value is -1.62. The molecule has 0 bridgehead atoms. The highest BCUT2D eigenvalue weighted by Gasteiger charge is 2.21. The zero-order valence-corrected chi connectivity index (χ0v) is 9.83. The summed E-state index contributed by atoms with van der Waals surface area (Å²) in [6.07, 6.45) is 2.80. The van der Waals surface area contributed by atoms with Gasteiger partial charge in [0, 0.05) is 25.2 Å². The Kier molecular flexibility index (Phi) is 3.58. The minimum absolute atomic E-state index is 0.0156. The van der Waals surface area contributed by atoms with Crippen LogP contribution in [0.2, 0.25) is 5.15 Å². The van der Waals surface area contributed by atoms with E-state index in [0.29, 0.717) is 18.5 Å². The van der Waals surface area contributed by atoms with Crippen molar-refractivity contribution in [2.75, 3.05) is 6.54 Å². The Morgan fingerprint density at radius 2 is 2.47 bits per heavy atom. The summed E-state index contributed by atoms with van der Waals surface area (Å²) in [4.78, 5) is 26.5. The predicted octanol–water partition coefficient (Wildman–Crippen LogP) is 0.743. The molecule has 5 nitrogen and oxygen atoms in total. The van der Waals surface area contributed by atoms with Gasteiger partial charge in [-0.15, -0.1) is 0 Å². The monoisotopic (exact) mass is 253 g/mol. The highest BCUT2D eigenvalue weighted by Crippen LogP contribution is 2.11. The molecule has 90 valence electrons. The van der Waals surface area contributed by atoms with Crippen molar-refractivity contribution in [2.24, 2.45) is 0 Å². The number of hydrogen-bond acceptors (Lipinski definition) is 3. The molecule has 0 radical (unpaired) electrons. The van der Waals surface area contributed by atoms with Gasteiger partial charge in [0.2, 0.25) is 5.91 Å². The van der Waals surface area contributed by atoms with Crippen LogP contribution < -0.4 is 10.6 Å². The van der Waals surface area contributed by atoms with Gasteiger partial charge < -0.3 is 10.6 Å². The third-order valence-corrected chi connectivity index (χ3v) is 2.90. The van der Waals surface area contributed by atoms with Gasteiger partial charge in [0.05, 0.1) is 5.56 Å². The number of amides is 2. The maximum Gasteiger partial charge on any atom is 0.254 e. The first kappa shape index (κ1) is 11.9. The Morgan fingerprint density at radius 1 is 1.65 bits per heavy atom. The third-order valence-electron chi connectivity index (χ3n) is 2.60. The highest BCUT2D eigenvalue weighted by atomic mass is 35.5. The molecule has 1 unspecified atom stereocenters. The van der Waals surface area contributed by atoms with Crippen LogP contribution in [0.4, 0.5) is 0 Å². The molecule has 1 aliphatic heterocycles. The van der Waals surface area contributed by atoms with E-state index in [1.54, 1.807) is 12.1 Å². The van der Waals surface area contributed by atoms with Gasteiger partial charge in [0.15, 0.2) is 0 Å². The SMILES string of the molecule is O=C1CCC(CNC(=O)c2cccnc2Cl)N1. The summed E-state index contributed by atoms with van der Waals surface area (Å²) in [6, 6.07) is 3.28. The third kappa shape index (κ3) is 2.94. The van der Waals surface area contributed by atoms with Crippen LogP contribution in [-0.2, 0) is 4.79 Å². The molecule has 1 aliphatic rings. The Balaban J connectivity index is 1.90. The summed E-state index contributed by atoms with van der Waals surface area (Å²) >= 11 is 5.80. The summed E-state index contributed by atoms with van der Waals surface area (Å²) in [5.74, 6) is -0.243. The van der Waals surface area contributed by atoms with Crippen LogP contribution in [0.15, 0.2) is 18.3 Å². The molecule has 1 fully saturated rings. The second-order valence-corrected chi connectivity index (χ2v) is 4.21. The summed E-state index contributed by atoms with van der Waals surface area (Å²) in [7, 11) is 0. The lowest BCUT2D eigenvalue weighted by molar-refractivity contribution is -0.119. The molecule has 1 aromatic heterocycles. The Labute approximate surface area is 104 Å². The fourth-order valence-corrected chi connectivity index (χ4v) is 1.90. The summed E-state index contributed by atoms with van der Waals surface area (Å²) in [5.41, 5.74) is 0.346. The van der Waals surface area contributed by atoms with Crippen LogP contribution in [0.1, 0.15) is 23.2 Å². The Morgan fingerprint density at radius 3 is 3.12 bits per heavy atom. The number of carbonyl (C=O) groups excluding carboxylic acids is 2. The van der Waals surface area contributed by atoms with E-state index in [-0.39, 0.29) is 23.0 Å². The van der Waals surface area contributed by atoms with Crippen molar-refractivity contribution < 1.29 is 9.59 Å². The van der Waals surface area contributed by atoms with Gasteiger partial charge in [-0.25, -0.2) is 4.98 Å². The molecule has 0 saturated carbocycles. The number of pyridine rings is 1. The number of nitrogens with one attached hydrogen (secondary N) is 2. The molecule has 2 amide bonds. The lowest BCUT2D eigenvalue weighted by atomic mass is 10.2. The smallest absolute Gasteiger partial charge is 0.254 e. The van der Waals surface area contributed by atoms with E-state index in [0.717, 1.165) is 6.42 Å². The molecule has 2 N–H and O–H groups in total. The first-order chi connectivity index (χ1) is 8.16. The number of carbonyl (C=O) groups is 2. The second-order valence-electron chi connectivity index (χ2n) is 3.85. The summed E-state index contributed by atoms with van der Waals surface area (Å²) in [5, 5.41) is 5.68. The van der Waals surface area contributed by atoms with Crippen molar-refractivity contribution in [1.29, 1.82) is 0 Å². The van der Waals surface area contributed by atoms with Crippen molar-refractivity contribution in [3.8, 4) is 0 Å². The molecule has 1 atom stereocenters. The zero-order valence-electron chi connectivity index (χ0n) is 9.07. The van der Waals surface area contributed by atoms with Gasteiger partial charge in [-0.1, -0.05) is 11.6 Å². The molecule has 0 aliphatic carbocycles. The first-order valence-corrected chi connectivity index (χ1v) is 5.72. The van der Waals surface area contributed by atoms with Crippen LogP contribution in [0.25, 0.3) is 0 Å². The first-order valence-electron chi connectivity index (χ1n) is 5.35. The Bertz CT molecular complexity index is 450. The minimum atomic E-state index is -0.274. The average Bonchev–Trinajstić information content (AvgIpc) is 2.73. The number of nitrogens with zero attached hydrogens (tertiary/aromatic N) is 1. The number of aromatic nitrogens is 1. The molecule has 6 heteroatoms. The van der Waals surface area contributed by atoms with Crippen molar-refractivity contribution in [3.05, 3.63) is 29.0 Å². The van der Waals surface area contributed by atoms with Gasteiger partial charge in [-0.2, -0.15) is 0 Å². The van der Waals surface area contributed by atoms with E-state index in [1.165, 1.54) is 6.20 Å². The maximum atomic E-state index is 11.8. The van der Waals surface area contributed by atoms with Crippen LogP contribution in [0.3, 0.4) is 0 Å². The fraction of sp³-hybridized carbons (Fsp3) is 0.364. The van der Waals surface area contributed by atoms with Gasteiger partial charge >= 0.3 is 0 Å². The average molecular weight is 254 g/mol. The van der Waals surface area contributed by atoms with Crippen molar-refractivity contribution in [3.63, 3.8) is 0 Å². The van der Waals surface area contributed by atoms with Crippen molar-refractivity contribution in [1.82, 2.24) is 15.6 Å². The predicted molar refractivity (Wildman–Crippen MR) is 62.7 cm³/mol. The number of rotatable bonds is 3. The summed E-state index contributed by atoms with van der Waals surface area (Å²) in [6.45, 7) is 0.412. The van der Waals surface area contributed by atoms with Gasteiger partial charge in [0.25, 0.3) is 5.91 Å². The quantitative estimate of drug-likeness (QED) is 0.781. The molecule has 17 heavy (non-hydrogen) atoms. The molecular formula is C11H12ClN3O2. The minimum Gasteiger partial charge on any atom is -0.352 e. The molecule has 2 rings (SSSR count). The topological polar surface area (TPSA) is 71.1 Å². The van der Waals surface area contributed by atoms with E-state index in [2.05, 4.69) is 15.6 Å². The van der Waals surface area contributed by atoms with Crippen LogP contribution in [0, 0.1) is 0 Å². The molecule has 1 saturated heterocycles. The second kappa shape index (κ2) is 5.14. The van der Waals surface area contributed by atoms with E-state index in [9.17, 15) is 9.59 Å². The highest BCUT2D eigenvalue weighted by molar-refractivity contribution is 6.32. The molecule has 0 aromatic carbocycles. The van der Waals surface area contributed by atoms with E-state index >= 15 is 0 Å². The van der Waals surface area contributed by atoms with Crippen LogP contribution in [-0.4, -0.2) is 29.4 Å². The maximum absolute atomic E-state index is 11.8. The molecule has 0 spiro atoms. The number of hydrogen-bond donors (Lipinski definition) is 2. The van der Waals surface area contributed by atoms with E-state index in [1.807, 2.05) is 0 Å². The molecule has 2 heterocycles. The lowest BCUT2D eigenvalue weighted by Crippen LogP contribution is -2.38. The van der Waals surface area contributed by atoms with Gasteiger partial charge in [-0.3, -0.25) is 9.59 Å². The molecular weight excluding hydrogens is 242 g/mol. The normalized spacial score (nSPS) is 18.9. The number of halogens is 1. The molecule has 1 aromatic rings. The van der Waals surface area contributed by atoms with Crippen molar-refractivity contribution in [2.45, 2.75) is 18.9 Å². The van der Waals surface area contributed by atoms with E-state index < -0.39 is 0 Å². The van der Waals surface area contributed by atoms with Crippen molar-refractivity contribution >= 4 is 23.4 Å². The lowest BCUT2D eigenvalue weighted by Gasteiger charge is -2.11. The largest absolute Gasteiger partial charge is 0.352 e.